The lowest BCUT2D eigenvalue weighted by Gasteiger charge is -2.18. The van der Waals surface area contributed by atoms with Gasteiger partial charge in [0.05, 0.1) is 4.90 Å². The Balaban J connectivity index is 1.38. The molecule has 2 N–H and O–H groups in total. The van der Waals surface area contributed by atoms with Crippen molar-refractivity contribution in [2.45, 2.75) is 30.6 Å². The van der Waals surface area contributed by atoms with Crippen molar-refractivity contribution in [3.63, 3.8) is 0 Å². The van der Waals surface area contributed by atoms with E-state index in [4.69, 9.17) is 9.47 Å². The van der Waals surface area contributed by atoms with Crippen LogP contribution in [0, 0.1) is 0 Å². The molecule has 0 atom stereocenters. The van der Waals surface area contributed by atoms with Crippen LogP contribution in [0.3, 0.4) is 0 Å². The van der Waals surface area contributed by atoms with Crippen LogP contribution in [0.15, 0.2) is 47.4 Å². The molecule has 0 saturated carbocycles. The number of anilines is 1. The molecule has 1 heterocycles. The van der Waals surface area contributed by atoms with Crippen LogP contribution in [0.5, 0.6) is 11.5 Å². The summed E-state index contributed by atoms with van der Waals surface area (Å²) in [4.78, 5) is 25.8. The quantitative estimate of drug-likeness (QED) is 0.511. The zero-order chi connectivity index (χ0) is 23.8. The molecule has 0 radical (unpaired) electrons. The third-order valence-corrected chi connectivity index (χ3v) is 6.45. The maximum Gasteiger partial charge on any atom is 0.253 e. The fourth-order valence-electron chi connectivity index (χ4n) is 3.28. The van der Waals surface area contributed by atoms with Crippen LogP contribution in [0.2, 0.25) is 0 Å². The maximum absolute atomic E-state index is 12.5. The van der Waals surface area contributed by atoms with Crippen LogP contribution in [0.25, 0.3) is 0 Å². The van der Waals surface area contributed by atoms with Crippen molar-refractivity contribution in [1.29, 1.82) is 0 Å². The largest absolute Gasteiger partial charge is 0.486 e. The van der Waals surface area contributed by atoms with E-state index in [1.54, 1.807) is 44.4 Å². The second kappa shape index (κ2) is 11.2. The Labute approximate surface area is 194 Å². The highest BCUT2D eigenvalue weighted by Gasteiger charge is 2.19. The van der Waals surface area contributed by atoms with Gasteiger partial charge < -0.3 is 19.7 Å². The Morgan fingerprint density at radius 2 is 1.73 bits per heavy atom. The van der Waals surface area contributed by atoms with Crippen molar-refractivity contribution < 1.29 is 27.5 Å². The molecule has 0 saturated heterocycles. The summed E-state index contributed by atoms with van der Waals surface area (Å²) >= 11 is 0. The number of hydrogen-bond donors (Lipinski definition) is 2. The molecular weight excluding hydrogens is 446 g/mol. The number of hydrogen-bond acceptors (Lipinski definition) is 6. The summed E-state index contributed by atoms with van der Waals surface area (Å²) in [5.74, 6) is 0.673. The van der Waals surface area contributed by atoms with Gasteiger partial charge in [0.2, 0.25) is 15.9 Å². The normalized spacial score (nSPS) is 12.8. The van der Waals surface area contributed by atoms with Crippen molar-refractivity contribution in [1.82, 2.24) is 9.62 Å². The molecule has 2 amide bonds. The van der Waals surface area contributed by atoms with E-state index < -0.39 is 10.0 Å². The summed E-state index contributed by atoms with van der Waals surface area (Å²) in [6, 6.07) is 11.3. The highest BCUT2D eigenvalue weighted by Crippen LogP contribution is 2.32. The zero-order valence-corrected chi connectivity index (χ0v) is 19.6. The number of rotatable bonds is 10. The van der Waals surface area contributed by atoms with E-state index in [9.17, 15) is 18.0 Å². The molecule has 3 rings (SSSR count). The molecule has 0 fully saturated rings. The molecule has 0 aliphatic carbocycles. The lowest BCUT2D eigenvalue weighted by Crippen LogP contribution is -2.25. The van der Waals surface area contributed by atoms with Crippen molar-refractivity contribution >= 4 is 27.5 Å². The second-order valence-electron chi connectivity index (χ2n) is 7.84. The van der Waals surface area contributed by atoms with Gasteiger partial charge in [-0.1, -0.05) is 12.5 Å². The molecule has 1 aliphatic rings. The Morgan fingerprint density at radius 3 is 2.48 bits per heavy atom. The van der Waals surface area contributed by atoms with E-state index in [0.29, 0.717) is 61.6 Å². The van der Waals surface area contributed by atoms with Gasteiger partial charge in [-0.15, -0.1) is 0 Å². The Morgan fingerprint density at radius 1 is 0.970 bits per heavy atom. The van der Waals surface area contributed by atoms with Gasteiger partial charge in [-0.3, -0.25) is 9.59 Å². The lowest BCUT2D eigenvalue weighted by molar-refractivity contribution is -0.116. The summed E-state index contributed by atoms with van der Waals surface area (Å²) in [5.41, 5.74) is 1.07. The molecule has 0 aromatic heterocycles. The molecule has 0 bridgehead atoms. The van der Waals surface area contributed by atoms with Crippen LogP contribution in [0.1, 0.15) is 36.0 Å². The number of unbranched alkanes of at least 4 members (excludes halogenated alkanes) is 2. The van der Waals surface area contributed by atoms with E-state index in [1.807, 2.05) is 0 Å². The minimum atomic E-state index is -3.65. The Bertz CT molecular complexity index is 1100. The third kappa shape index (κ3) is 6.93. The minimum Gasteiger partial charge on any atom is -0.486 e. The fraction of sp³-hybridized carbons (Fsp3) is 0.391. The molecular formula is C23H29N3O6S. The Hall–Kier alpha value is -3.11. The molecule has 0 unspecified atom stereocenters. The first-order valence-electron chi connectivity index (χ1n) is 10.8. The van der Waals surface area contributed by atoms with Crippen LogP contribution >= 0.6 is 0 Å². The fourth-order valence-corrected chi connectivity index (χ4v) is 4.37. The SMILES string of the molecule is CN(C)C(=O)c1cccc(NC(=O)CCCCCNS(=O)(=O)c2ccc3c(c2)OCCO3)c1. The van der Waals surface area contributed by atoms with Gasteiger partial charge in [-0.05, 0) is 43.2 Å². The molecule has 178 valence electrons. The van der Waals surface area contributed by atoms with Gasteiger partial charge >= 0.3 is 0 Å². The standard InChI is InChI=1S/C23H29N3O6S/c1-26(2)23(28)17-7-6-8-18(15-17)25-22(27)9-4-3-5-12-24-33(29,30)19-10-11-20-21(16-19)32-14-13-31-20/h6-8,10-11,15-16,24H,3-5,9,12-14H2,1-2H3,(H,25,27). The first-order chi connectivity index (χ1) is 15.8. The topological polar surface area (TPSA) is 114 Å². The van der Waals surface area contributed by atoms with E-state index in [-0.39, 0.29) is 23.3 Å². The van der Waals surface area contributed by atoms with Gasteiger partial charge in [-0.25, -0.2) is 13.1 Å². The number of fused-ring (bicyclic) bond motifs is 1. The molecule has 2 aromatic carbocycles. The summed E-state index contributed by atoms with van der Waals surface area (Å²) in [6.45, 7) is 1.10. The summed E-state index contributed by atoms with van der Waals surface area (Å²) in [6.07, 6.45) is 2.22. The van der Waals surface area contributed by atoms with E-state index in [0.717, 1.165) is 0 Å². The first kappa shape index (κ1) is 24.5. The van der Waals surface area contributed by atoms with Crippen LogP contribution in [-0.4, -0.2) is 59.0 Å². The number of amides is 2. The number of sulfonamides is 1. The summed E-state index contributed by atoms with van der Waals surface area (Å²) in [7, 11) is -0.310. The van der Waals surface area contributed by atoms with Crippen LogP contribution in [-0.2, 0) is 14.8 Å². The predicted molar refractivity (Wildman–Crippen MR) is 124 cm³/mol. The number of carbonyl (C=O) groups excluding carboxylic acids is 2. The second-order valence-corrected chi connectivity index (χ2v) is 9.61. The highest BCUT2D eigenvalue weighted by molar-refractivity contribution is 7.89. The van der Waals surface area contributed by atoms with Crippen molar-refractivity contribution in [2.75, 3.05) is 39.2 Å². The average Bonchev–Trinajstić information content (AvgIpc) is 2.80. The monoisotopic (exact) mass is 475 g/mol. The predicted octanol–water partition coefficient (Wildman–Crippen LogP) is 2.64. The molecule has 10 heteroatoms. The van der Waals surface area contributed by atoms with Crippen molar-refractivity contribution in [3.8, 4) is 11.5 Å². The third-order valence-electron chi connectivity index (χ3n) is 5.00. The minimum absolute atomic E-state index is 0.126. The molecule has 1 aliphatic heterocycles. The Kier molecular flexibility index (Phi) is 8.29. The van der Waals surface area contributed by atoms with Crippen LogP contribution < -0.4 is 19.5 Å². The van der Waals surface area contributed by atoms with Crippen LogP contribution in [0.4, 0.5) is 5.69 Å². The summed E-state index contributed by atoms with van der Waals surface area (Å²) < 4.78 is 38.4. The molecule has 0 spiro atoms. The van der Waals surface area contributed by atoms with E-state index >= 15 is 0 Å². The number of ether oxygens (including phenoxy) is 2. The van der Waals surface area contributed by atoms with Crippen molar-refractivity contribution in [3.05, 3.63) is 48.0 Å². The number of nitrogens with zero attached hydrogens (tertiary/aromatic N) is 1. The molecule has 2 aromatic rings. The van der Waals surface area contributed by atoms with Gasteiger partial charge in [0.15, 0.2) is 11.5 Å². The van der Waals surface area contributed by atoms with Gasteiger partial charge in [-0.2, -0.15) is 0 Å². The van der Waals surface area contributed by atoms with E-state index in [1.165, 1.54) is 17.0 Å². The first-order valence-corrected chi connectivity index (χ1v) is 12.3. The number of benzene rings is 2. The van der Waals surface area contributed by atoms with Gasteiger partial charge in [0, 0.05) is 44.4 Å². The average molecular weight is 476 g/mol. The highest BCUT2D eigenvalue weighted by atomic mass is 32.2. The lowest BCUT2D eigenvalue weighted by atomic mass is 10.1. The summed E-state index contributed by atoms with van der Waals surface area (Å²) in [5, 5.41) is 2.79. The van der Waals surface area contributed by atoms with Crippen molar-refractivity contribution in [2.24, 2.45) is 0 Å². The van der Waals surface area contributed by atoms with Gasteiger partial charge in [0.25, 0.3) is 5.91 Å². The van der Waals surface area contributed by atoms with Gasteiger partial charge in [0.1, 0.15) is 13.2 Å². The number of carbonyl (C=O) groups is 2. The smallest absolute Gasteiger partial charge is 0.253 e. The zero-order valence-electron chi connectivity index (χ0n) is 18.8. The molecule has 33 heavy (non-hydrogen) atoms. The number of nitrogens with one attached hydrogen (secondary N) is 2. The molecule has 9 nitrogen and oxygen atoms in total. The van der Waals surface area contributed by atoms with E-state index in [2.05, 4.69) is 10.0 Å². The maximum atomic E-state index is 12.5.